The maximum Gasteiger partial charge on any atom is 0.122 e. The molecule has 0 saturated carbocycles. The van der Waals surface area contributed by atoms with Crippen LogP contribution in [0.3, 0.4) is 0 Å². The largest absolute Gasteiger partial charge is 0.388 e. The summed E-state index contributed by atoms with van der Waals surface area (Å²) in [5.74, 6) is 0. The zero-order valence-corrected chi connectivity index (χ0v) is 12.3. The first-order chi connectivity index (χ1) is 10.1. The molecule has 5 heteroatoms. The number of pyridine rings is 2. The highest BCUT2D eigenvalue weighted by molar-refractivity contribution is 7.80. The van der Waals surface area contributed by atoms with Crippen molar-refractivity contribution in [2.24, 2.45) is 5.73 Å². The van der Waals surface area contributed by atoms with Crippen LogP contribution < -0.4 is 11.1 Å². The number of aromatic nitrogens is 2. The molecule has 0 spiro atoms. The summed E-state index contributed by atoms with van der Waals surface area (Å²) in [6, 6.07) is 13.8. The van der Waals surface area contributed by atoms with E-state index in [-0.39, 0.29) is 0 Å². The Kier molecular flexibility index (Phi) is 3.50. The summed E-state index contributed by atoms with van der Waals surface area (Å²) in [4.78, 5) is 9.11. The second-order valence-electron chi connectivity index (χ2n) is 4.75. The van der Waals surface area contributed by atoms with Crippen LogP contribution in [-0.4, -0.2) is 15.0 Å². The number of thiocarbonyl (C=S) groups is 1. The van der Waals surface area contributed by atoms with E-state index in [1.165, 1.54) is 0 Å². The van der Waals surface area contributed by atoms with E-state index in [2.05, 4.69) is 21.4 Å². The Balaban J connectivity index is 1.97. The zero-order chi connectivity index (χ0) is 14.8. The summed E-state index contributed by atoms with van der Waals surface area (Å²) in [6.45, 7) is 1.98. The summed E-state index contributed by atoms with van der Waals surface area (Å²) < 4.78 is 0. The van der Waals surface area contributed by atoms with Crippen molar-refractivity contribution in [2.45, 2.75) is 6.92 Å². The molecular weight excluding hydrogens is 280 g/mol. The maximum atomic E-state index is 5.55. The summed E-state index contributed by atoms with van der Waals surface area (Å²) in [5, 5.41) is 4.43. The molecule has 0 aliphatic heterocycles. The Hall–Kier alpha value is -2.53. The van der Waals surface area contributed by atoms with Crippen LogP contribution in [0.4, 0.5) is 11.4 Å². The Bertz CT molecular complexity index is 812. The van der Waals surface area contributed by atoms with E-state index in [0.29, 0.717) is 10.7 Å². The van der Waals surface area contributed by atoms with Gasteiger partial charge in [-0.15, -0.1) is 0 Å². The van der Waals surface area contributed by atoms with Crippen molar-refractivity contribution >= 4 is 39.5 Å². The van der Waals surface area contributed by atoms with Gasteiger partial charge in [-0.1, -0.05) is 30.4 Å². The van der Waals surface area contributed by atoms with Gasteiger partial charge in [0.15, 0.2) is 0 Å². The number of para-hydroxylation sites is 1. The first-order valence-electron chi connectivity index (χ1n) is 6.53. The molecule has 104 valence electrons. The van der Waals surface area contributed by atoms with E-state index in [1.807, 2.05) is 37.3 Å². The molecule has 0 amide bonds. The molecule has 0 saturated heterocycles. The summed E-state index contributed by atoms with van der Waals surface area (Å²) in [5.41, 5.74) is 9.90. The van der Waals surface area contributed by atoms with Crippen LogP contribution in [0.25, 0.3) is 10.9 Å². The van der Waals surface area contributed by atoms with Gasteiger partial charge < -0.3 is 11.1 Å². The van der Waals surface area contributed by atoms with E-state index in [4.69, 9.17) is 18.0 Å². The lowest BCUT2D eigenvalue weighted by Crippen LogP contribution is -2.11. The van der Waals surface area contributed by atoms with E-state index in [1.54, 1.807) is 12.3 Å². The van der Waals surface area contributed by atoms with Crippen molar-refractivity contribution in [3.05, 3.63) is 60.0 Å². The van der Waals surface area contributed by atoms with E-state index in [0.717, 1.165) is 28.0 Å². The molecular formula is C16H14N4S. The lowest BCUT2D eigenvalue weighted by molar-refractivity contribution is 1.25. The van der Waals surface area contributed by atoms with Crippen molar-refractivity contribution in [2.75, 3.05) is 5.32 Å². The third kappa shape index (κ3) is 2.83. The van der Waals surface area contributed by atoms with Gasteiger partial charge in [0.05, 0.1) is 28.8 Å². The Labute approximate surface area is 128 Å². The summed E-state index contributed by atoms with van der Waals surface area (Å²) in [6.07, 6.45) is 1.71. The first-order valence-corrected chi connectivity index (χ1v) is 6.93. The lowest BCUT2D eigenvalue weighted by Gasteiger charge is -2.10. The van der Waals surface area contributed by atoms with Gasteiger partial charge >= 0.3 is 0 Å². The van der Waals surface area contributed by atoms with Gasteiger partial charge in [0, 0.05) is 11.1 Å². The highest BCUT2D eigenvalue weighted by atomic mass is 32.1. The highest BCUT2D eigenvalue weighted by Crippen LogP contribution is 2.24. The molecule has 0 unspecified atom stereocenters. The Morgan fingerprint density at radius 1 is 1.14 bits per heavy atom. The molecule has 0 aliphatic carbocycles. The molecule has 2 aromatic heterocycles. The van der Waals surface area contributed by atoms with Crippen molar-refractivity contribution in [1.82, 2.24) is 9.97 Å². The van der Waals surface area contributed by atoms with E-state index < -0.39 is 0 Å². The fraction of sp³-hybridized carbons (Fsp3) is 0.0625. The predicted molar refractivity (Wildman–Crippen MR) is 89.9 cm³/mol. The van der Waals surface area contributed by atoms with Crippen molar-refractivity contribution in [1.29, 1.82) is 0 Å². The molecule has 0 atom stereocenters. The second-order valence-corrected chi connectivity index (χ2v) is 5.19. The molecule has 2 heterocycles. The van der Waals surface area contributed by atoms with Crippen LogP contribution >= 0.6 is 12.2 Å². The molecule has 1 aromatic carbocycles. The van der Waals surface area contributed by atoms with Gasteiger partial charge in [-0.25, -0.2) is 0 Å². The van der Waals surface area contributed by atoms with E-state index >= 15 is 0 Å². The number of nitrogens with two attached hydrogens (primary N) is 1. The van der Waals surface area contributed by atoms with E-state index in [9.17, 15) is 0 Å². The number of nitrogens with one attached hydrogen (secondary N) is 1. The minimum Gasteiger partial charge on any atom is -0.388 e. The van der Waals surface area contributed by atoms with Crippen LogP contribution in [0.15, 0.2) is 48.7 Å². The van der Waals surface area contributed by atoms with Gasteiger partial charge in [-0.2, -0.15) is 0 Å². The normalized spacial score (nSPS) is 10.5. The molecule has 0 radical (unpaired) electrons. The monoisotopic (exact) mass is 294 g/mol. The molecule has 3 rings (SSSR count). The average Bonchev–Trinajstić information content (AvgIpc) is 2.48. The Morgan fingerprint density at radius 3 is 2.71 bits per heavy atom. The molecule has 3 aromatic rings. The number of hydrogen-bond donors (Lipinski definition) is 2. The first kappa shape index (κ1) is 13.5. The minimum atomic E-state index is 0.295. The molecule has 3 N–H and O–H groups in total. The summed E-state index contributed by atoms with van der Waals surface area (Å²) >= 11 is 4.90. The number of fused-ring (bicyclic) bond motifs is 1. The van der Waals surface area contributed by atoms with Gasteiger partial charge in [0.25, 0.3) is 0 Å². The van der Waals surface area contributed by atoms with Crippen molar-refractivity contribution in [3.63, 3.8) is 0 Å². The maximum absolute atomic E-state index is 5.55. The zero-order valence-electron chi connectivity index (χ0n) is 11.5. The minimum absolute atomic E-state index is 0.295. The number of aryl methyl sites for hydroxylation is 1. The number of nitrogens with zero attached hydrogens (tertiary/aromatic N) is 2. The summed E-state index contributed by atoms with van der Waals surface area (Å²) in [7, 11) is 0. The molecule has 21 heavy (non-hydrogen) atoms. The molecule has 0 aliphatic rings. The number of anilines is 2. The van der Waals surface area contributed by atoms with Crippen molar-refractivity contribution in [3.8, 4) is 0 Å². The predicted octanol–water partition coefficient (Wildman–Crippen LogP) is 3.32. The number of benzene rings is 1. The molecule has 0 fully saturated rings. The fourth-order valence-electron chi connectivity index (χ4n) is 2.11. The molecule has 4 nitrogen and oxygen atoms in total. The average molecular weight is 294 g/mol. The standard InChI is InChI=1S/C16H14N4S/c1-10-5-6-11-3-2-4-13(15(11)19-10)20-12-7-8-14(16(17)21)18-9-12/h2-9,20H,1H3,(H2,17,21). The van der Waals surface area contributed by atoms with Crippen molar-refractivity contribution < 1.29 is 0 Å². The number of rotatable bonds is 3. The highest BCUT2D eigenvalue weighted by Gasteiger charge is 2.04. The molecule has 0 bridgehead atoms. The third-order valence-electron chi connectivity index (χ3n) is 3.15. The Morgan fingerprint density at radius 2 is 2.00 bits per heavy atom. The smallest absolute Gasteiger partial charge is 0.122 e. The number of hydrogen-bond acceptors (Lipinski definition) is 4. The quantitative estimate of drug-likeness (QED) is 0.726. The SMILES string of the molecule is Cc1ccc2cccc(Nc3ccc(C(N)=S)nc3)c2n1. The second kappa shape index (κ2) is 5.46. The third-order valence-corrected chi connectivity index (χ3v) is 3.36. The fourth-order valence-corrected chi connectivity index (χ4v) is 2.24. The lowest BCUT2D eigenvalue weighted by atomic mass is 10.1. The van der Waals surface area contributed by atoms with Gasteiger partial charge in [0.2, 0.25) is 0 Å². The van der Waals surface area contributed by atoms with Crippen LogP contribution in [0.1, 0.15) is 11.4 Å². The van der Waals surface area contributed by atoms with Crippen LogP contribution in [-0.2, 0) is 0 Å². The van der Waals surface area contributed by atoms with Gasteiger partial charge in [-0.3, -0.25) is 9.97 Å². The van der Waals surface area contributed by atoms with Crippen LogP contribution in [0.2, 0.25) is 0 Å². The topological polar surface area (TPSA) is 63.8 Å². The van der Waals surface area contributed by atoms with Gasteiger partial charge in [0.1, 0.15) is 4.99 Å². The van der Waals surface area contributed by atoms with Crippen LogP contribution in [0, 0.1) is 6.92 Å². The van der Waals surface area contributed by atoms with Crippen LogP contribution in [0.5, 0.6) is 0 Å². The van der Waals surface area contributed by atoms with Gasteiger partial charge in [-0.05, 0) is 31.2 Å².